The van der Waals surface area contributed by atoms with Crippen molar-refractivity contribution in [1.29, 1.82) is 0 Å². The standard InChI is InChI=1S/C9H7ClN2O2.C9H10ClNO2/c1-14-9(13)5-2-3-7(10)6-4-11-12-8(5)6;1-5-7(10)4-3-6(8(5)11)9(12)13-2/h2-4H,1H3,(H,11,12);3-4H,11H2,1-2H3. The number of ether oxygens (including phenoxy) is 2. The van der Waals surface area contributed by atoms with E-state index in [1.54, 1.807) is 37.4 Å². The van der Waals surface area contributed by atoms with Gasteiger partial charge >= 0.3 is 11.9 Å². The first-order valence-corrected chi connectivity index (χ1v) is 8.40. The number of carbonyl (C=O) groups is 2. The summed E-state index contributed by atoms with van der Waals surface area (Å²) in [6, 6.07) is 6.43. The number of rotatable bonds is 2. The van der Waals surface area contributed by atoms with Gasteiger partial charge in [0.1, 0.15) is 0 Å². The smallest absolute Gasteiger partial charge is 0.340 e. The van der Waals surface area contributed by atoms with Gasteiger partial charge in [-0.05, 0) is 36.8 Å². The summed E-state index contributed by atoms with van der Waals surface area (Å²) in [4.78, 5) is 22.5. The Morgan fingerprint density at radius 2 is 1.56 bits per heavy atom. The number of esters is 2. The van der Waals surface area contributed by atoms with Crippen LogP contribution in [0.5, 0.6) is 0 Å². The van der Waals surface area contributed by atoms with E-state index in [9.17, 15) is 9.59 Å². The third-order valence-corrected chi connectivity index (χ3v) is 4.56. The first kappa shape index (κ1) is 20.5. The van der Waals surface area contributed by atoms with Gasteiger partial charge in [0.2, 0.25) is 0 Å². The van der Waals surface area contributed by atoms with Crippen LogP contribution < -0.4 is 5.73 Å². The number of carbonyl (C=O) groups excluding carboxylic acids is 2. The number of aromatic amines is 1. The first-order chi connectivity index (χ1) is 12.8. The Morgan fingerprint density at radius 3 is 2.19 bits per heavy atom. The van der Waals surface area contributed by atoms with Gasteiger partial charge in [0.25, 0.3) is 0 Å². The van der Waals surface area contributed by atoms with E-state index in [-0.39, 0.29) is 0 Å². The van der Waals surface area contributed by atoms with Gasteiger partial charge in [-0.3, -0.25) is 5.10 Å². The zero-order valence-corrected chi connectivity index (χ0v) is 16.3. The number of fused-ring (bicyclic) bond motifs is 1. The molecule has 3 aromatic rings. The lowest BCUT2D eigenvalue weighted by Crippen LogP contribution is -2.06. The molecule has 0 bridgehead atoms. The lowest BCUT2D eigenvalue weighted by Gasteiger charge is -2.07. The van der Waals surface area contributed by atoms with Crippen molar-refractivity contribution in [1.82, 2.24) is 10.2 Å². The molecule has 0 radical (unpaired) electrons. The highest BCUT2D eigenvalue weighted by Crippen LogP contribution is 2.25. The second kappa shape index (κ2) is 8.75. The van der Waals surface area contributed by atoms with Crippen LogP contribution in [-0.2, 0) is 9.47 Å². The summed E-state index contributed by atoms with van der Waals surface area (Å²) in [5.41, 5.74) is 8.13. The number of aromatic nitrogens is 2. The number of anilines is 1. The minimum Gasteiger partial charge on any atom is -0.465 e. The molecule has 3 rings (SSSR count). The van der Waals surface area contributed by atoms with Crippen LogP contribution in [0.4, 0.5) is 5.69 Å². The molecular formula is C18H17Cl2N3O4. The highest BCUT2D eigenvalue weighted by Gasteiger charge is 2.13. The number of methoxy groups -OCH3 is 2. The van der Waals surface area contributed by atoms with E-state index in [0.717, 1.165) is 5.39 Å². The summed E-state index contributed by atoms with van der Waals surface area (Å²) in [6.07, 6.45) is 1.57. The molecule has 7 nitrogen and oxygen atoms in total. The number of halogens is 2. The molecule has 0 unspecified atom stereocenters. The number of H-pyrrole nitrogens is 1. The highest BCUT2D eigenvalue weighted by molar-refractivity contribution is 6.35. The summed E-state index contributed by atoms with van der Waals surface area (Å²) in [5, 5.41) is 8.35. The average Bonchev–Trinajstić information content (AvgIpc) is 3.16. The fourth-order valence-electron chi connectivity index (χ4n) is 2.27. The Kier molecular flexibility index (Phi) is 6.65. The Hall–Kier alpha value is -2.77. The van der Waals surface area contributed by atoms with Gasteiger partial charge in [0.15, 0.2) is 0 Å². The van der Waals surface area contributed by atoms with Crippen molar-refractivity contribution in [3.05, 3.63) is 57.2 Å². The Morgan fingerprint density at radius 1 is 1.00 bits per heavy atom. The zero-order valence-electron chi connectivity index (χ0n) is 14.8. The van der Waals surface area contributed by atoms with Gasteiger partial charge in [-0.2, -0.15) is 5.10 Å². The SMILES string of the molecule is COC(=O)c1ccc(Cl)c(C)c1N.COC(=O)c1ccc(Cl)c2cn[nH]c12. The number of nitrogen functional groups attached to an aromatic ring is 1. The van der Waals surface area contributed by atoms with Crippen LogP contribution in [-0.4, -0.2) is 36.4 Å². The molecule has 27 heavy (non-hydrogen) atoms. The predicted molar refractivity (Wildman–Crippen MR) is 104 cm³/mol. The molecule has 0 aliphatic carbocycles. The van der Waals surface area contributed by atoms with E-state index >= 15 is 0 Å². The van der Waals surface area contributed by atoms with Crippen molar-refractivity contribution in [2.75, 3.05) is 20.0 Å². The minimum atomic E-state index is -0.447. The third-order valence-electron chi connectivity index (χ3n) is 3.82. The van der Waals surface area contributed by atoms with Crippen LogP contribution in [0.1, 0.15) is 26.3 Å². The van der Waals surface area contributed by atoms with Crippen molar-refractivity contribution < 1.29 is 19.1 Å². The molecule has 0 aliphatic rings. The number of nitrogens with two attached hydrogens (primary N) is 1. The van der Waals surface area contributed by atoms with Crippen LogP contribution in [0.25, 0.3) is 10.9 Å². The molecule has 1 aromatic heterocycles. The maximum atomic E-state index is 11.3. The Bertz CT molecular complexity index is 1000. The summed E-state index contributed by atoms with van der Waals surface area (Å²) in [7, 11) is 2.64. The van der Waals surface area contributed by atoms with Crippen molar-refractivity contribution in [2.45, 2.75) is 6.92 Å². The third kappa shape index (κ3) is 4.32. The van der Waals surface area contributed by atoms with Gasteiger partial charge in [-0.25, -0.2) is 9.59 Å². The largest absolute Gasteiger partial charge is 0.465 e. The first-order valence-electron chi connectivity index (χ1n) is 7.64. The minimum absolute atomic E-state index is 0.351. The van der Waals surface area contributed by atoms with Crippen LogP contribution in [0, 0.1) is 6.92 Å². The lowest BCUT2D eigenvalue weighted by atomic mass is 10.1. The number of nitrogens with zero attached hydrogens (tertiary/aromatic N) is 1. The molecule has 0 amide bonds. The molecule has 2 aromatic carbocycles. The summed E-state index contributed by atoms with van der Waals surface area (Å²) in [5.74, 6) is -0.854. The van der Waals surface area contributed by atoms with E-state index in [2.05, 4.69) is 19.7 Å². The average molecular weight is 410 g/mol. The molecule has 0 saturated carbocycles. The number of benzene rings is 2. The second-order valence-electron chi connectivity index (χ2n) is 5.37. The summed E-state index contributed by atoms with van der Waals surface area (Å²) >= 11 is 11.7. The molecule has 0 saturated heterocycles. The van der Waals surface area contributed by atoms with Gasteiger partial charge in [-0.1, -0.05) is 23.2 Å². The predicted octanol–water partition coefficient (Wildman–Crippen LogP) is 4.02. The molecule has 9 heteroatoms. The van der Waals surface area contributed by atoms with Crippen LogP contribution in [0.3, 0.4) is 0 Å². The molecule has 0 atom stereocenters. The molecule has 0 fully saturated rings. The monoisotopic (exact) mass is 409 g/mol. The number of nitrogens with one attached hydrogen (secondary N) is 1. The highest BCUT2D eigenvalue weighted by atomic mass is 35.5. The molecule has 3 N–H and O–H groups in total. The fourth-order valence-corrected chi connectivity index (χ4v) is 2.64. The molecular weight excluding hydrogens is 393 g/mol. The van der Waals surface area contributed by atoms with Crippen molar-refractivity contribution >= 4 is 51.7 Å². The Labute approximate surface area is 165 Å². The molecule has 0 spiro atoms. The van der Waals surface area contributed by atoms with E-state index in [1.165, 1.54) is 14.2 Å². The molecule has 142 valence electrons. The molecule has 1 heterocycles. The van der Waals surface area contributed by atoms with E-state index < -0.39 is 11.9 Å². The summed E-state index contributed by atoms with van der Waals surface area (Å²) < 4.78 is 9.17. The van der Waals surface area contributed by atoms with Crippen LogP contribution >= 0.6 is 23.2 Å². The van der Waals surface area contributed by atoms with Gasteiger partial charge < -0.3 is 15.2 Å². The normalized spacial score (nSPS) is 10.1. The van der Waals surface area contributed by atoms with E-state index in [0.29, 0.717) is 37.9 Å². The van der Waals surface area contributed by atoms with Crippen molar-refractivity contribution in [3.63, 3.8) is 0 Å². The topological polar surface area (TPSA) is 107 Å². The van der Waals surface area contributed by atoms with Crippen LogP contribution in [0.2, 0.25) is 10.0 Å². The van der Waals surface area contributed by atoms with Crippen molar-refractivity contribution in [2.24, 2.45) is 0 Å². The van der Waals surface area contributed by atoms with Gasteiger partial charge in [0.05, 0.1) is 47.8 Å². The zero-order chi connectivity index (χ0) is 20.1. The summed E-state index contributed by atoms with van der Waals surface area (Å²) in [6.45, 7) is 1.75. The van der Waals surface area contributed by atoms with E-state index in [4.69, 9.17) is 28.9 Å². The maximum absolute atomic E-state index is 11.3. The van der Waals surface area contributed by atoms with Gasteiger partial charge in [-0.15, -0.1) is 0 Å². The Balaban J connectivity index is 0.000000194. The quantitative estimate of drug-likeness (QED) is 0.488. The van der Waals surface area contributed by atoms with E-state index in [1.807, 2.05) is 0 Å². The molecule has 0 aliphatic heterocycles. The maximum Gasteiger partial charge on any atom is 0.340 e. The number of hydrogen-bond donors (Lipinski definition) is 2. The van der Waals surface area contributed by atoms with Crippen molar-refractivity contribution in [3.8, 4) is 0 Å². The van der Waals surface area contributed by atoms with Gasteiger partial charge in [0, 0.05) is 10.4 Å². The number of hydrogen-bond acceptors (Lipinski definition) is 6. The fraction of sp³-hybridized carbons (Fsp3) is 0.167. The lowest BCUT2D eigenvalue weighted by molar-refractivity contribution is 0.0593. The van der Waals surface area contributed by atoms with Crippen LogP contribution in [0.15, 0.2) is 30.5 Å². The second-order valence-corrected chi connectivity index (χ2v) is 6.18.